The fourth-order valence-corrected chi connectivity index (χ4v) is 3.08. The SMILES string of the molecule is O=C(CC(F)(F)F)N1CCC2(O)CCCCC2C1. The Morgan fingerprint density at radius 1 is 1.33 bits per heavy atom. The predicted molar refractivity (Wildman–Crippen MR) is 58.8 cm³/mol. The molecule has 0 aromatic carbocycles. The zero-order chi connectivity index (χ0) is 13.4. The van der Waals surface area contributed by atoms with E-state index in [-0.39, 0.29) is 19.0 Å². The molecule has 0 aromatic heterocycles. The fourth-order valence-electron chi connectivity index (χ4n) is 3.08. The van der Waals surface area contributed by atoms with Crippen LogP contribution < -0.4 is 0 Å². The van der Waals surface area contributed by atoms with E-state index < -0.39 is 24.1 Å². The van der Waals surface area contributed by atoms with Gasteiger partial charge in [-0.2, -0.15) is 13.2 Å². The third-order valence-corrected chi connectivity index (χ3v) is 4.13. The van der Waals surface area contributed by atoms with Gasteiger partial charge in [-0.1, -0.05) is 12.8 Å². The second kappa shape index (κ2) is 4.72. The van der Waals surface area contributed by atoms with Gasteiger partial charge >= 0.3 is 6.18 Å². The molecule has 2 rings (SSSR count). The van der Waals surface area contributed by atoms with Crippen LogP contribution in [0.5, 0.6) is 0 Å². The molecule has 1 amide bonds. The molecule has 2 aliphatic rings. The number of fused-ring (bicyclic) bond motifs is 1. The van der Waals surface area contributed by atoms with E-state index in [1.54, 1.807) is 0 Å². The minimum atomic E-state index is -4.45. The Bertz CT molecular complexity index is 332. The Hall–Kier alpha value is -0.780. The van der Waals surface area contributed by atoms with E-state index in [4.69, 9.17) is 0 Å². The largest absolute Gasteiger partial charge is 0.397 e. The summed E-state index contributed by atoms with van der Waals surface area (Å²) in [6, 6.07) is 0. The monoisotopic (exact) mass is 265 g/mol. The highest BCUT2D eigenvalue weighted by Gasteiger charge is 2.44. The van der Waals surface area contributed by atoms with Crippen molar-refractivity contribution < 1.29 is 23.1 Å². The van der Waals surface area contributed by atoms with Crippen molar-refractivity contribution in [2.45, 2.75) is 50.3 Å². The first-order valence-corrected chi connectivity index (χ1v) is 6.37. The first-order valence-electron chi connectivity index (χ1n) is 6.37. The highest BCUT2D eigenvalue weighted by Crippen LogP contribution is 2.40. The van der Waals surface area contributed by atoms with Gasteiger partial charge in [0.05, 0.1) is 5.60 Å². The van der Waals surface area contributed by atoms with Crippen LogP contribution in [-0.2, 0) is 4.79 Å². The van der Waals surface area contributed by atoms with Gasteiger partial charge in [0.25, 0.3) is 0 Å². The first kappa shape index (κ1) is 13.6. The molecule has 2 atom stereocenters. The van der Waals surface area contributed by atoms with Crippen molar-refractivity contribution in [2.24, 2.45) is 5.92 Å². The van der Waals surface area contributed by atoms with Gasteiger partial charge in [-0.3, -0.25) is 4.79 Å². The third kappa shape index (κ3) is 2.96. The van der Waals surface area contributed by atoms with Crippen molar-refractivity contribution in [3.05, 3.63) is 0 Å². The zero-order valence-corrected chi connectivity index (χ0v) is 10.2. The lowest BCUT2D eigenvalue weighted by atomic mass is 9.71. The van der Waals surface area contributed by atoms with Crippen molar-refractivity contribution >= 4 is 5.91 Å². The number of likely N-dealkylation sites (tertiary alicyclic amines) is 1. The summed E-state index contributed by atoms with van der Waals surface area (Å²) in [5.41, 5.74) is -0.757. The summed E-state index contributed by atoms with van der Waals surface area (Å²) in [6.07, 6.45) is -1.99. The minimum Gasteiger partial charge on any atom is -0.389 e. The number of alkyl halides is 3. The summed E-state index contributed by atoms with van der Waals surface area (Å²) in [5, 5.41) is 10.4. The van der Waals surface area contributed by atoms with E-state index in [0.717, 1.165) is 19.3 Å². The molecule has 104 valence electrons. The normalized spacial score (nSPS) is 33.1. The van der Waals surface area contributed by atoms with Crippen LogP contribution >= 0.6 is 0 Å². The predicted octanol–water partition coefficient (Wildman–Crippen LogP) is 2.09. The fraction of sp³-hybridized carbons (Fsp3) is 0.917. The molecule has 1 aliphatic heterocycles. The molecule has 0 spiro atoms. The average Bonchev–Trinajstić information content (AvgIpc) is 2.25. The van der Waals surface area contributed by atoms with Crippen LogP contribution in [-0.4, -0.2) is 40.8 Å². The summed E-state index contributed by atoms with van der Waals surface area (Å²) in [7, 11) is 0. The van der Waals surface area contributed by atoms with Crippen LogP contribution in [0.4, 0.5) is 13.2 Å². The second-order valence-corrected chi connectivity index (χ2v) is 5.43. The standard InChI is InChI=1S/C12H18F3NO2/c13-12(14,15)7-10(17)16-6-5-11(18)4-2-1-3-9(11)8-16/h9,18H,1-8H2. The molecule has 1 saturated heterocycles. The van der Waals surface area contributed by atoms with E-state index in [0.29, 0.717) is 12.8 Å². The number of amides is 1. The Labute approximate surface area is 104 Å². The molecular formula is C12H18F3NO2. The number of hydrogen-bond donors (Lipinski definition) is 1. The maximum atomic E-state index is 12.2. The number of carbonyl (C=O) groups excluding carboxylic acids is 1. The zero-order valence-electron chi connectivity index (χ0n) is 10.2. The molecule has 2 fully saturated rings. The molecule has 1 saturated carbocycles. The lowest BCUT2D eigenvalue weighted by Gasteiger charge is -2.47. The van der Waals surface area contributed by atoms with Crippen molar-refractivity contribution in [2.75, 3.05) is 13.1 Å². The van der Waals surface area contributed by atoms with Crippen LogP contribution in [0.15, 0.2) is 0 Å². The van der Waals surface area contributed by atoms with Gasteiger partial charge in [-0.15, -0.1) is 0 Å². The average molecular weight is 265 g/mol. The summed E-state index contributed by atoms with van der Waals surface area (Å²) in [6.45, 7) is 0.507. The Kier molecular flexibility index (Phi) is 3.58. The Morgan fingerprint density at radius 3 is 2.72 bits per heavy atom. The van der Waals surface area contributed by atoms with E-state index in [1.807, 2.05) is 0 Å². The lowest BCUT2D eigenvalue weighted by molar-refractivity contribution is -0.167. The second-order valence-electron chi connectivity index (χ2n) is 5.43. The molecule has 6 heteroatoms. The van der Waals surface area contributed by atoms with E-state index in [2.05, 4.69) is 0 Å². The van der Waals surface area contributed by atoms with Gasteiger partial charge in [0, 0.05) is 19.0 Å². The van der Waals surface area contributed by atoms with Crippen molar-refractivity contribution in [1.29, 1.82) is 0 Å². The van der Waals surface area contributed by atoms with Crippen LogP contribution in [0.3, 0.4) is 0 Å². The molecule has 1 N–H and O–H groups in total. The van der Waals surface area contributed by atoms with Crippen LogP contribution in [0.1, 0.15) is 38.5 Å². The van der Waals surface area contributed by atoms with Crippen LogP contribution in [0.25, 0.3) is 0 Å². The maximum Gasteiger partial charge on any atom is 0.397 e. The highest BCUT2D eigenvalue weighted by molar-refractivity contribution is 5.77. The van der Waals surface area contributed by atoms with Gasteiger partial charge < -0.3 is 10.0 Å². The number of hydrogen-bond acceptors (Lipinski definition) is 2. The Morgan fingerprint density at radius 2 is 2.06 bits per heavy atom. The van der Waals surface area contributed by atoms with E-state index >= 15 is 0 Å². The molecule has 2 unspecified atom stereocenters. The molecule has 0 bridgehead atoms. The Balaban J connectivity index is 1.96. The number of halogens is 3. The summed E-state index contributed by atoms with van der Waals surface area (Å²) < 4.78 is 36.5. The molecule has 1 aliphatic carbocycles. The highest BCUT2D eigenvalue weighted by atomic mass is 19.4. The number of carbonyl (C=O) groups is 1. The molecular weight excluding hydrogens is 247 g/mol. The van der Waals surface area contributed by atoms with E-state index in [1.165, 1.54) is 4.90 Å². The van der Waals surface area contributed by atoms with Gasteiger partial charge in [0.15, 0.2) is 0 Å². The number of aliphatic hydroxyl groups is 1. The molecule has 0 radical (unpaired) electrons. The lowest BCUT2D eigenvalue weighted by Crippen LogP contribution is -2.55. The number of rotatable bonds is 1. The molecule has 1 heterocycles. The number of nitrogens with zero attached hydrogens (tertiary/aromatic N) is 1. The molecule has 0 aromatic rings. The van der Waals surface area contributed by atoms with Gasteiger partial charge in [0.1, 0.15) is 6.42 Å². The van der Waals surface area contributed by atoms with Crippen molar-refractivity contribution in [1.82, 2.24) is 4.90 Å². The number of piperidine rings is 1. The summed E-state index contributed by atoms with van der Waals surface area (Å²) in [5.74, 6) is -0.924. The smallest absolute Gasteiger partial charge is 0.389 e. The van der Waals surface area contributed by atoms with Crippen molar-refractivity contribution in [3.63, 3.8) is 0 Å². The van der Waals surface area contributed by atoms with Gasteiger partial charge in [0.2, 0.25) is 5.91 Å². The van der Waals surface area contributed by atoms with Crippen molar-refractivity contribution in [3.8, 4) is 0 Å². The van der Waals surface area contributed by atoms with Crippen LogP contribution in [0, 0.1) is 5.92 Å². The third-order valence-electron chi connectivity index (χ3n) is 4.13. The molecule has 18 heavy (non-hydrogen) atoms. The van der Waals surface area contributed by atoms with Crippen LogP contribution in [0.2, 0.25) is 0 Å². The van der Waals surface area contributed by atoms with Gasteiger partial charge in [-0.25, -0.2) is 0 Å². The molecule has 3 nitrogen and oxygen atoms in total. The summed E-state index contributed by atoms with van der Waals surface area (Å²) in [4.78, 5) is 12.8. The minimum absolute atomic E-state index is 0.0582. The topological polar surface area (TPSA) is 40.5 Å². The summed E-state index contributed by atoms with van der Waals surface area (Å²) >= 11 is 0. The maximum absolute atomic E-state index is 12.2. The quantitative estimate of drug-likeness (QED) is 0.788. The van der Waals surface area contributed by atoms with Gasteiger partial charge in [-0.05, 0) is 19.3 Å². The first-order chi connectivity index (χ1) is 8.30. The van der Waals surface area contributed by atoms with E-state index in [9.17, 15) is 23.1 Å².